The van der Waals surface area contributed by atoms with Gasteiger partial charge in [0.15, 0.2) is 0 Å². The Balaban J connectivity index is 1.30. The SMILES string of the molecule is C=C(C)[C@@H]1CC=C(CN2CCC3(CC2)C(=O)N(Cc2ccccn2)C(=O)N3CCc2ccccc2)CC1. The predicted molar refractivity (Wildman–Crippen MR) is 146 cm³/mol. The van der Waals surface area contributed by atoms with Gasteiger partial charge in [0.1, 0.15) is 5.54 Å². The summed E-state index contributed by atoms with van der Waals surface area (Å²) in [7, 11) is 0. The third kappa shape index (κ3) is 5.40. The summed E-state index contributed by atoms with van der Waals surface area (Å²) in [6, 6.07) is 15.6. The molecule has 1 aromatic heterocycles. The van der Waals surface area contributed by atoms with Gasteiger partial charge in [0, 0.05) is 32.4 Å². The molecular formula is C31H38N4O2. The number of hydrogen-bond donors (Lipinski definition) is 0. The van der Waals surface area contributed by atoms with Gasteiger partial charge in [-0.2, -0.15) is 0 Å². The van der Waals surface area contributed by atoms with E-state index in [4.69, 9.17) is 0 Å². The molecule has 1 spiro atoms. The number of urea groups is 1. The van der Waals surface area contributed by atoms with E-state index in [2.05, 4.69) is 41.6 Å². The number of rotatable bonds is 8. The Morgan fingerprint density at radius 2 is 1.81 bits per heavy atom. The fourth-order valence-corrected chi connectivity index (χ4v) is 6.10. The smallest absolute Gasteiger partial charge is 0.309 e. The van der Waals surface area contributed by atoms with Crippen molar-refractivity contribution in [3.63, 3.8) is 0 Å². The first kappa shape index (κ1) is 25.4. The van der Waals surface area contributed by atoms with Crippen molar-refractivity contribution in [3.8, 4) is 0 Å². The molecule has 2 fully saturated rings. The minimum absolute atomic E-state index is 0.0583. The monoisotopic (exact) mass is 498 g/mol. The summed E-state index contributed by atoms with van der Waals surface area (Å²) < 4.78 is 0. The molecule has 0 N–H and O–H groups in total. The van der Waals surface area contributed by atoms with E-state index in [1.807, 2.05) is 41.3 Å². The Hall–Kier alpha value is -3.25. The highest BCUT2D eigenvalue weighted by molar-refractivity contribution is 6.07. The van der Waals surface area contributed by atoms with Crippen molar-refractivity contribution in [2.24, 2.45) is 5.92 Å². The minimum atomic E-state index is -0.761. The number of likely N-dealkylation sites (tertiary alicyclic amines) is 1. The van der Waals surface area contributed by atoms with E-state index in [9.17, 15) is 9.59 Å². The molecule has 1 atom stereocenters. The lowest BCUT2D eigenvalue weighted by Gasteiger charge is -2.42. The molecule has 0 radical (unpaired) electrons. The first-order valence-corrected chi connectivity index (χ1v) is 13.6. The van der Waals surface area contributed by atoms with Crippen LogP contribution in [0.15, 0.2) is 78.5 Å². The van der Waals surface area contributed by atoms with E-state index in [1.54, 1.807) is 6.20 Å². The van der Waals surface area contributed by atoms with Crippen molar-refractivity contribution in [3.05, 3.63) is 89.8 Å². The Morgan fingerprint density at radius 1 is 1.05 bits per heavy atom. The summed E-state index contributed by atoms with van der Waals surface area (Å²) in [4.78, 5) is 37.7. The fraction of sp³-hybridized carbons (Fsp3) is 0.452. The van der Waals surface area contributed by atoms with Crippen molar-refractivity contribution in [2.75, 3.05) is 26.2 Å². The highest BCUT2D eigenvalue weighted by Gasteiger charge is 2.57. The molecule has 3 aliphatic rings. The molecule has 2 saturated heterocycles. The van der Waals surface area contributed by atoms with Crippen LogP contribution >= 0.6 is 0 Å². The number of amides is 3. The molecule has 1 aliphatic carbocycles. The number of nitrogens with zero attached hydrogens (tertiary/aromatic N) is 4. The number of imide groups is 1. The average molecular weight is 499 g/mol. The summed E-state index contributed by atoms with van der Waals surface area (Å²) in [5.41, 5.74) is 3.93. The second-order valence-corrected chi connectivity index (χ2v) is 10.9. The molecular weight excluding hydrogens is 460 g/mol. The van der Waals surface area contributed by atoms with Crippen LogP contribution in [0.1, 0.15) is 50.3 Å². The van der Waals surface area contributed by atoms with Gasteiger partial charge < -0.3 is 4.90 Å². The minimum Gasteiger partial charge on any atom is -0.309 e. The standard InChI is InChI=1S/C31H38N4O2/c1-24(2)27-13-11-26(12-14-27)22-33-20-16-31(17-21-33)29(36)34(23-28-10-6-7-18-32-28)30(37)35(31)19-15-25-8-4-3-5-9-25/h3-11,18,27H,1,12-17,19-23H2,2H3/t27-/m1/s1. The van der Waals surface area contributed by atoms with Crippen molar-refractivity contribution < 1.29 is 9.59 Å². The normalized spacial score (nSPS) is 22.0. The predicted octanol–water partition coefficient (Wildman–Crippen LogP) is 5.23. The summed E-state index contributed by atoms with van der Waals surface area (Å²) in [5, 5.41) is 0. The van der Waals surface area contributed by atoms with Gasteiger partial charge in [0.2, 0.25) is 0 Å². The van der Waals surface area contributed by atoms with E-state index in [1.165, 1.54) is 28.0 Å². The number of aromatic nitrogens is 1. The molecule has 3 amide bonds. The summed E-state index contributed by atoms with van der Waals surface area (Å²) in [6.07, 6.45) is 9.59. The van der Waals surface area contributed by atoms with Gasteiger partial charge in [0.25, 0.3) is 5.91 Å². The zero-order valence-electron chi connectivity index (χ0n) is 21.9. The van der Waals surface area contributed by atoms with Crippen LogP contribution in [0.2, 0.25) is 0 Å². The zero-order valence-corrected chi connectivity index (χ0v) is 21.9. The first-order chi connectivity index (χ1) is 18.0. The second kappa shape index (κ2) is 11.0. The van der Waals surface area contributed by atoms with E-state index in [0.717, 1.165) is 44.6 Å². The van der Waals surface area contributed by atoms with Crippen molar-refractivity contribution in [1.29, 1.82) is 0 Å². The van der Waals surface area contributed by atoms with Crippen molar-refractivity contribution in [2.45, 2.75) is 57.5 Å². The van der Waals surface area contributed by atoms with Gasteiger partial charge >= 0.3 is 6.03 Å². The van der Waals surface area contributed by atoms with Gasteiger partial charge in [-0.15, -0.1) is 0 Å². The number of carbonyl (C=O) groups excluding carboxylic acids is 2. The molecule has 0 saturated carbocycles. The molecule has 5 rings (SSSR count). The lowest BCUT2D eigenvalue weighted by molar-refractivity contribution is -0.136. The number of benzene rings is 1. The average Bonchev–Trinajstić information content (AvgIpc) is 3.11. The maximum absolute atomic E-state index is 13.9. The topological polar surface area (TPSA) is 56.8 Å². The quantitative estimate of drug-likeness (QED) is 0.370. The molecule has 6 heteroatoms. The van der Waals surface area contributed by atoms with Gasteiger partial charge in [-0.05, 0) is 69.1 Å². The molecule has 6 nitrogen and oxygen atoms in total. The summed E-state index contributed by atoms with van der Waals surface area (Å²) in [6.45, 7) is 9.63. The van der Waals surface area contributed by atoms with Crippen LogP contribution in [0.4, 0.5) is 4.79 Å². The Morgan fingerprint density at radius 3 is 2.46 bits per heavy atom. The van der Waals surface area contributed by atoms with E-state index < -0.39 is 5.54 Å². The largest absolute Gasteiger partial charge is 0.328 e. The van der Waals surface area contributed by atoms with E-state index in [0.29, 0.717) is 25.3 Å². The van der Waals surface area contributed by atoms with Crippen molar-refractivity contribution >= 4 is 11.9 Å². The lowest BCUT2D eigenvalue weighted by atomic mass is 9.83. The molecule has 2 aliphatic heterocycles. The molecule has 0 unspecified atom stereocenters. The van der Waals surface area contributed by atoms with Gasteiger partial charge in [-0.25, -0.2) is 4.79 Å². The molecule has 2 aromatic rings. The first-order valence-electron chi connectivity index (χ1n) is 13.6. The van der Waals surface area contributed by atoms with Crippen LogP contribution in [0, 0.1) is 5.92 Å². The van der Waals surface area contributed by atoms with E-state index >= 15 is 0 Å². The van der Waals surface area contributed by atoms with Crippen LogP contribution in [0.3, 0.4) is 0 Å². The maximum Gasteiger partial charge on any atom is 0.328 e. The Bertz CT molecular complexity index is 1150. The zero-order chi connectivity index (χ0) is 25.8. The molecule has 194 valence electrons. The number of pyridine rings is 1. The maximum atomic E-state index is 13.9. The molecule has 37 heavy (non-hydrogen) atoms. The number of allylic oxidation sites excluding steroid dienone is 2. The van der Waals surface area contributed by atoms with Crippen molar-refractivity contribution in [1.82, 2.24) is 19.7 Å². The fourth-order valence-electron chi connectivity index (χ4n) is 6.10. The van der Waals surface area contributed by atoms with E-state index in [-0.39, 0.29) is 18.5 Å². The van der Waals surface area contributed by atoms with Gasteiger partial charge in [-0.3, -0.25) is 19.6 Å². The van der Waals surface area contributed by atoms with Crippen LogP contribution in [-0.2, 0) is 17.8 Å². The Kier molecular flexibility index (Phi) is 7.56. The van der Waals surface area contributed by atoms with Crippen LogP contribution in [0.25, 0.3) is 0 Å². The lowest BCUT2D eigenvalue weighted by Crippen LogP contribution is -2.57. The third-order valence-electron chi connectivity index (χ3n) is 8.45. The third-order valence-corrected chi connectivity index (χ3v) is 8.45. The number of hydrogen-bond acceptors (Lipinski definition) is 4. The summed E-state index contributed by atoms with van der Waals surface area (Å²) in [5.74, 6) is 0.552. The number of carbonyl (C=O) groups is 2. The van der Waals surface area contributed by atoms with Crippen LogP contribution in [-0.4, -0.2) is 63.3 Å². The van der Waals surface area contributed by atoms with Gasteiger partial charge in [0.05, 0.1) is 12.2 Å². The molecule has 0 bridgehead atoms. The summed E-state index contributed by atoms with van der Waals surface area (Å²) >= 11 is 0. The van der Waals surface area contributed by atoms with Gasteiger partial charge in [-0.1, -0.05) is 60.2 Å². The highest BCUT2D eigenvalue weighted by atomic mass is 16.2. The van der Waals surface area contributed by atoms with Crippen LogP contribution < -0.4 is 0 Å². The Labute approximate surface area is 220 Å². The highest BCUT2D eigenvalue weighted by Crippen LogP contribution is 2.39. The number of piperidine rings is 1. The second-order valence-electron chi connectivity index (χ2n) is 10.9. The molecule has 3 heterocycles. The molecule has 1 aromatic carbocycles. The van der Waals surface area contributed by atoms with Crippen LogP contribution in [0.5, 0.6) is 0 Å².